The second-order valence-corrected chi connectivity index (χ2v) is 3.24. The van der Waals surface area contributed by atoms with E-state index < -0.39 is 0 Å². The van der Waals surface area contributed by atoms with Gasteiger partial charge in [0.1, 0.15) is 5.75 Å². The Hall–Kier alpha value is -0.206. The maximum absolute atomic E-state index is 9.21. The van der Waals surface area contributed by atoms with Gasteiger partial charge < -0.3 is 29.9 Å². The minimum absolute atomic E-state index is 0. The Kier molecular flexibility index (Phi) is 15.9. The number of para-hydroxylation sites is 1. The van der Waals surface area contributed by atoms with E-state index in [4.69, 9.17) is 0 Å². The molecule has 1 aliphatic rings. The summed E-state index contributed by atoms with van der Waals surface area (Å²) in [6, 6.07) is 5.72. The molecule has 0 atom stereocenters. The van der Waals surface area contributed by atoms with Crippen LogP contribution < -0.4 is 24.8 Å². The molecule has 1 radical (unpaired) electrons. The van der Waals surface area contributed by atoms with Crippen molar-refractivity contribution in [1.29, 1.82) is 0 Å². The van der Waals surface area contributed by atoms with Crippen LogP contribution in [-0.2, 0) is 21.7 Å². The average molecular weight is 306 g/mol. The number of phenolic OH excluding ortho intramolecular Hbond substituents is 1. The van der Waals surface area contributed by atoms with E-state index in [9.17, 15) is 5.11 Å². The standard InChI is InChI=1S/C8H10O.C5H5.2ClH.Ti/c1-6-4-3-5-7(2)8(6)9;1-2-4-5-3-1;;;/h3-5,9H,1-2H3;1-3H,4H2;2*1H;/q;-1;;;+3/p-2. The van der Waals surface area contributed by atoms with Crippen molar-refractivity contribution in [3.8, 4) is 5.75 Å². The monoisotopic (exact) mass is 305 g/mol. The van der Waals surface area contributed by atoms with Gasteiger partial charge >= 0.3 is 21.7 Å². The third kappa shape index (κ3) is 8.51. The fraction of sp³-hybridized carbons (Fsp3) is 0.231. The van der Waals surface area contributed by atoms with Gasteiger partial charge in [-0.1, -0.05) is 18.2 Å². The summed E-state index contributed by atoms with van der Waals surface area (Å²) in [7, 11) is 0. The van der Waals surface area contributed by atoms with E-state index in [1.807, 2.05) is 44.2 Å². The molecule has 0 aromatic heterocycles. The van der Waals surface area contributed by atoms with Crippen molar-refractivity contribution in [3.05, 3.63) is 53.6 Å². The summed E-state index contributed by atoms with van der Waals surface area (Å²) >= 11 is 0. The van der Waals surface area contributed by atoms with E-state index in [1.165, 1.54) is 0 Å². The SMILES string of the molecule is Cc1cccc(C)c1O.[C-]1=CC=CC1.[Cl-].[Cl-].[Ti+3]. The molecule has 0 unspecified atom stereocenters. The Morgan fingerprint density at radius 3 is 1.88 bits per heavy atom. The average Bonchev–Trinajstić information content (AvgIpc) is 2.72. The van der Waals surface area contributed by atoms with Crippen LogP contribution in [0.25, 0.3) is 0 Å². The maximum atomic E-state index is 9.21. The number of phenols is 1. The van der Waals surface area contributed by atoms with Crippen LogP contribution in [-0.4, -0.2) is 5.11 Å². The molecule has 0 saturated carbocycles. The summed E-state index contributed by atoms with van der Waals surface area (Å²) in [4.78, 5) is 0. The van der Waals surface area contributed by atoms with Crippen LogP contribution in [0.5, 0.6) is 5.75 Å². The Bertz CT molecular complexity index is 332. The van der Waals surface area contributed by atoms with Gasteiger partial charge in [-0.2, -0.15) is 6.08 Å². The molecule has 0 bridgehead atoms. The normalized spacial score (nSPS) is 10.2. The zero-order valence-electron chi connectivity index (χ0n) is 9.87. The molecule has 2 rings (SSSR count). The van der Waals surface area contributed by atoms with Crippen molar-refractivity contribution < 1.29 is 51.6 Å². The van der Waals surface area contributed by atoms with Crippen molar-refractivity contribution in [2.45, 2.75) is 20.3 Å². The first kappa shape index (κ1) is 22.0. The number of benzene rings is 1. The van der Waals surface area contributed by atoms with E-state index in [0.29, 0.717) is 5.75 Å². The molecule has 0 heterocycles. The zero-order chi connectivity index (χ0) is 10.4. The Morgan fingerprint density at radius 1 is 1.12 bits per heavy atom. The molecule has 1 aromatic carbocycles. The van der Waals surface area contributed by atoms with Crippen molar-refractivity contribution >= 4 is 0 Å². The molecule has 0 fully saturated rings. The van der Waals surface area contributed by atoms with Crippen LogP contribution in [0.2, 0.25) is 0 Å². The van der Waals surface area contributed by atoms with E-state index in [2.05, 4.69) is 12.2 Å². The molecular formula is C13H15Cl2OTi. The largest absolute Gasteiger partial charge is 3.00 e. The molecule has 1 aliphatic carbocycles. The van der Waals surface area contributed by atoms with E-state index in [0.717, 1.165) is 17.5 Å². The van der Waals surface area contributed by atoms with Crippen molar-refractivity contribution in [2.75, 3.05) is 0 Å². The smallest absolute Gasteiger partial charge is 1.00 e. The number of hydrogen-bond acceptors (Lipinski definition) is 1. The fourth-order valence-electron chi connectivity index (χ4n) is 1.15. The van der Waals surface area contributed by atoms with Gasteiger partial charge in [0.25, 0.3) is 0 Å². The van der Waals surface area contributed by atoms with Crippen LogP contribution in [0.3, 0.4) is 0 Å². The summed E-state index contributed by atoms with van der Waals surface area (Å²) in [5.41, 5.74) is 1.88. The van der Waals surface area contributed by atoms with Crippen LogP contribution in [0.4, 0.5) is 0 Å². The number of aryl methyl sites for hydroxylation is 2. The van der Waals surface area contributed by atoms with Gasteiger partial charge in [0.2, 0.25) is 0 Å². The third-order valence-electron chi connectivity index (χ3n) is 2.03. The predicted molar refractivity (Wildman–Crippen MR) is 59.2 cm³/mol. The number of rotatable bonds is 0. The van der Waals surface area contributed by atoms with Gasteiger partial charge in [0.05, 0.1) is 0 Å². The number of halogens is 2. The summed E-state index contributed by atoms with van der Waals surface area (Å²) in [6.45, 7) is 3.78. The third-order valence-corrected chi connectivity index (χ3v) is 2.03. The first-order valence-corrected chi connectivity index (χ1v) is 4.68. The van der Waals surface area contributed by atoms with Crippen LogP contribution in [0.15, 0.2) is 36.4 Å². The van der Waals surface area contributed by atoms with E-state index >= 15 is 0 Å². The molecule has 4 heteroatoms. The number of hydrogen-bond donors (Lipinski definition) is 1. The van der Waals surface area contributed by atoms with E-state index in [-0.39, 0.29) is 46.5 Å². The second kappa shape index (κ2) is 12.3. The van der Waals surface area contributed by atoms with Gasteiger partial charge in [-0.25, -0.2) is 12.2 Å². The van der Waals surface area contributed by atoms with E-state index in [1.54, 1.807) is 0 Å². The molecule has 0 spiro atoms. The van der Waals surface area contributed by atoms with Gasteiger partial charge in [-0.15, -0.1) is 6.42 Å². The van der Waals surface area contributed by atoms with Crippen molar-refractivity contribution in [2.24, 2.45) is 0 Å². The molecule has 1 nitrogen and oxygen atoms in total. The van der Waals surface area contributed by atoms with Crippen LogP contribution in [0.1, 0.15) is 17.5 Å². The predicted octanol–water partition coefficient (Wildman–Crippen LogP) is -2.68. The Labute approximate surface area is 131 Å². The molecule has 1 N–H and O–H groups in total. The zero-order valence-corrected chi connectivity index (χ0v) is 12.9. The minimum atomic E-state index is 0. The molecule has 17 heavy (non-hydrogen) atoms. The quantitative estimate of drug-likeness (QED) is 0.409. The summed E-state index contributed by atoms with van der Waals surface area (Å²) in [5, 5.41) is 9.21. The molecule has 0 aliphatic heterocycles. The first-order valence-electron chi connectivity index (χ1n) is 4.68. The number of allylic oxidation sites excluding steroid dienone is 4. The molecule has 1 aromatic rings. The summed E-state index contributed by atoms with van der Waals surface area (Å²) in [5.74, 6) is 0.414. The topological polar surface area (TPSA) is 20.2 Å². The van der Waals surface area contributed by atoms with Gasteiger partial charge in [-0.05, 0) is 25.0 Å². The number of aromatic hydroxyl groups is 1. The summed E-state index contributed by atoms with van der Waals surface area (Å²) < 4.78 is 0. The first-order chi connectivity index (χ1) is 6.72. The molecule has 0 saturated heterocycles. The van der Waals surface area contributed by atoms with Gasteiger partial charge in [0, 0.05) is 0 Å². The second-order valence-electron chi connectivity index (χ2n) is 3.24. The maximum Gasteiger partial charge on any atom is 3.00 e. The Morgan fingerprint density at radius 2 is 1.65 bits per heavy atom. The van der Waals surface area contributed by atoms with Crippen molar-refractivity contribution in [1.82, 2.24) is 0 Å². The fourth-order valence-corrected chi connectivity index (χ4v) is 1.15. The van der Waals surface area contributed by atoms with Gasteiger partial charge in [0.15, 0.2) is 0 Å². The van der Waals surface area contributed by atoms with Crippen LogP contribution >= 0.6 is 0 Å². The molecule has 0 amide bonds. The molecular weight excluding hydrogens is 291 g/mol. The van der Waals surface area contributed by atoms with Crippen LogP contribution in [0, 0.1) is 19.9 Å². The van der Waals surface area contributed by atoms with Crippen molar-refractivity contribution in [3.63, 3.8) is 0 Å². The minimum Gasteiger partial charge on any atom is -1.00 e. The van der Waals surface area contributed by atoms with Gasteiger partial charge in [-0.3, -0.25) is 6.08 Å². The summed E-state index contributed by atoms with van der Waals surface area (Å²) in [6.07, 6.45) is 10.0. The Balaban J connectivity index is -0.000000216. The molecule has 91 valence electrons.